The quantitative estimate of drug-likeness (QED) is 0.443. The first-order chi connectivity index (χ1) is 7.27. The van der Waals surface area contributed by atoms with E-state index in [4.69, 9.17) is 0 Å². The van der Waals surface area contributed by atoms with Crippen LogP contribution in [0.5, 0.6) is 0 Å². The molecule has 2 aromatic heterocycles. The van der Waals surface area contributed by atoms with Gasteiger partial charge in [0.1, 0.15) is 0 Å². The Bertz CT molecular complexity index is 395. The number of hydrogen-bond donors (Lipinski definition) is 0. The Kier molecular flexibility index (Phi) is 5.10. The molecule has 0 fully saturated rings. The zero-order chi connectivity index (χ0) is 10.7. The van der Waals surface area contributed by atoms with Gasteiger partial charge in [-0.25, -0.2) is 0 Å². The normalized spacial score (nSPS) is 10.8. The van der Waals surface area contributed by atoms with Crippen molar-refractivity contribution in [2.24, 2.45) is 0 Å². The van der Waals surface area contributed by atoms with Crippen LogP contribution in [0.3, 0.4) is 0 Å². The van der Waals surface area contributed by atoms with Crippen LogP contribution < -0.4 is 0 Å². The smallest absolute Gasteiger partial charge is 0.0834 e. The Hall–Kier alpha value is 1.06. The van der Waals surface area contributed by atoms with Crippen molar-refractivity contribution in [3.8, 4) is 0 Å². The first kappa shape index (κ1) is 12.5. The summed E-state index contributed by atoms with van der Waals surface area (Å²) in [6.45, 7) is 0. The molecule has 2 rings (SSSR count). The van der Waals surface area contributed by atoms with Crippen LogP contribution >= 0.6 is 78.1 Å². The zero-order valence-electron chi connectivity index (χ0n) is 7.41. The summed E-state index contributed by atoms with van der Waals surface area (Å²) < 4.78 is 2.47. The number of thioether (sulfide) groups is 2. The lowest BCUT2D eigenvalue weighted by atomic mass is 10.7. The zero-order valence-corrected chi connectivity index (χ0v) is 13.8. The molecule has 2 aromatic rings. The van der Waals surface area contributed by atoms with E-state index in [0.29, 0.717) is 0 Å². The van der Waals surface area contributed by atoms with Crippen molar-refractivity contribution in [3.05, 3.63) is 30.5 Å². The van der Waals surface area contributed by atoms with Crippen LogP contribution in [0.25, 0.3) is 0 Å². The highest BCUT2D eigenvalue weighted by Gasteiger charge is 2.04. The summed E-state index contributed by atoms with van der Waals surface area (Å²) in [4.78, 5) is 2.66. The summed E-state index contributed by atoms with van der Waals surface area (Å²) >= 11 is 14.3. The lowest BCUT2D eigenvalue weighted by Crippen LogP contribution is -1.71. The van der Waals surface area contributed by atoms with Gasteiger partial charge >= 0.3 is 0 Å². The summed E-state index contributed by atoms with van der Waals surface area (Å²) in [5.74, 6) is 0. The van der Waals surface area contributed by atoms with E-state index in [1.165, 1.54) is 17.4 Å². The highest BCUT2D eigenvalue weighted by Crippen LogP contribution is 2.38. The number of thiophene rings is 2. The summed E-state index contributed by atoms with van der Waals surface area (Å²) in [5.41, 5.74) is 0. The molecule has 0 aliphatic carbocycles. The van der Waals surface area contributed by atoms with E-state index in [0.717, 1.165) is 5.08 Å². The van der Waals surface area contributed by atoms with Crippen molar-refractivity contribution < 1.29 is 0 Å². The molecule has 0 aliphatic rings. The fourth-order valence-corrected chi connectivity index (χ4v) is 6.16. The van der Waals surface area contributed by atoms with Crippen LogP contribution in [0.2, 0.25) is 0 Å². The fraction of sp³-hybridized carbons (Fsp3) is 0.111. The van der Waals surface area contributed by atoms with Crippen molar-refractivity contribution in [3.63, 3.8) is 0 Å². The maximum Gasteiger partial charge on any atom is 0.0834 e. The summed E-state index contributed by atoms with van der Waals surface area (Å²) in [6.07, 6.45) is 0. The topological polar surface area (TPSA) is 0 Å². The molecule has 0 bridgehead atoms. The minimum Gasteiger partial charge on any atom is -0.136 e. The third kappa shape index (κ3) is 3.51. The van der Waals surface area contributed by atoms with E-state index >= 15 is 0 Å². The predicted octanol–water partition coefficient (Wildman–Crippen LogP) is 6.18. The van der Waals surface area contributed by atoms with Crippen molar-refractivity contribution in [1.29, 1.82) is 0 Å². The van der Waals surface area contributed by atoms with E-state index in [2.05, 4.69) is 54.8 Å². The highest BCUT2D eigenvalue weighted by atomic mass is 79.9. The molecule has 15 heavy (non-hydrogen) atoms. The molecule has 0 aliphatic heterocycles. The molecule has 0 saturated heterocycles. The lowest BCUT2D eigenvalue weighted by molar-refractivity contribution is 1.53. The van der Waals surface area contributed by atoms with Crippen LogP contribution in [0.15, 0.2) is 40.3 Å². The van der Waals surface area contributed by atoms with E-state index < -0.39 is 0 Å². The number of halogens is 2. The van der Waals surface area contributed by atoms with Crippen molar-refractivity contribution in [2.75, 3.05) is 5.08 Å². The fourth-order valence-electron chi connectivity index (χ4n) is 0.924. The average Bonchev–Trinajstić information content (AvgIpc) is 2.78. The second-order valence-electron chi connectivity index (χ2n) is 2.52. The number of hydrogen-bond acceptors (Lipinski definition) is 4. The second kappa shape index (κ2) is 6.12. The Labute approximate surface area is 122 Å². The Morgan fingerprint density at radius 1 is 0.933 bits per heavy atom. The molecule has 2 heterocycles. The van der Waals surface area contributed by atoms with E-state index in [1.54, 1.807) is 22.7 Å². The van der Waals surface area contributed by atoms with Crippen LogP contribution in [0, 0.1) is 0 Å². The first-order valence-corrected chi connectivity index (χ1v) is 9.30. The van der Waals surface area contributed by atoms with Crippen LogP contribution in [-0.4, -0.2) is 5.08 Å². The molecule has 0 aromatic carbocycles. The maximum absolute atomic E-state index is 3.54. The van der Waals surface area contributed by atoms with Crippen LogP contribution in [-0.2, 0) is 0 Å². The Morgan fingerprint density at radius 3 is 1.73 bits per heavy atom. The van der Waals surface area contributed by atoms with E-state index in [9.17, 15) is 0 Å². The van der Waals surface area contributed by atoms with Gasteiger partial charge in [0.25, 0.3) is 0 Å². The molecule has 0 unspecified atom stereocenters. The predicted molar refractivity (Wildman–Crippen MR) is 80.6 cm³/mol. The molecule has 0 atom stereocenters. The molecule has 0 N–H and O–H groups in total. The standard InChI is InChI=1S/C9H6Br2S4/c10-8-6(1-3-12-8)14-5-15-7-2-4-13-9(7)11/h1-4H,5H2. The van der Waals surface area contributed by atoms with E-state index in [-0.39, 0.29) is 0 Å². The molecule has 0 saturated carbocycles. The summed E-state index contributed by atoms with van der Waals surface area (Å²) in [5, 5.41) is 5.26. The molecule has 0 spiro atoms. The molecule has 0 nitrogen and oxygen atoms in total. The van der Waals surface area contributed by atoms with Gasteiger partial charge in [0.05, 0.1) is 7.57 Å². The molecule has 6 heteroatoms. The number of rotatable bonds is 4. The largest absolute Gasteiger partial charge is 0.136 e. The van der Waals surface area contributed by atoms with E-state index in [1.807, 2.05) is 23.5 Å². The third-order valence-corrected chi connectivity index (χ3v) is 8.00. The molecule has 0 radical (unpaired) electrons. The summed E-state index contributed by atoms with van der Waals surface area (Å²) in [7, 11) is 0. The van der Waals surface area contributed by atoms with Gasteiger partial charge in [-0.1, -0.05) is 0 Å². The van der Waals surface area contributed by atoms with Gasteiger partial charge < -0.3 is 0 Å². The third-order valence-electron chi connectivity index (χ3n) is 1.60. The molecular weight excluding hydrogens is 396 g/mol. The van der Waals surface area contributed by atoms with Gasteiger partial charge in [-0.3, -0.25) is 0 Å². The summed E-state index contributed by atoms with van der Waals surface area (Å²) in [6, 6.07) is 4.31. The highest BCUT2D eigenvalue weighted by molar-refractivity contribution is 9.11. The van der Waals surface area contributed by atoms with Gasteiger partial charge in [0, 0.05) is 14.9 Å². The second-order valence-corrected chi connectivity index (χ2v) is 9.39. The maximum atomic E-state index is 3.54. The SMILES string of the molecule is Brc1sccc1SCSc1ccsc1Br. The van der Waals surface area contributed by atoms with Gasteiger partial charge in [-0.05, 0) is 54.8 Å². The van der Waals surface area contributed by atoms with Gasteiger partial charge in [0.15, 0.2) is 0 Å². The van der Waals surface area contributed by atoms with Crippen LogP contribution in [0.1, 0.15) is 0 Å². The lowest BCUT2D eigenvalue weighted by Gasteiger charge is -1.99. The van der Waals surface area contributed by atoms with Crippen LogP contribution in [0.4, 0.5) is 0 Å². The minimum atomic E-state index is 1.05. The van der Waals surface area contributed by atoms with Crippen molar-refractivity contribution >= 4 is 78.1 Å². The molecule has 0 amide bonds. The molecular formula is C9H6Br2S4. The van der Waals surface area contributed by atoms with Crippen molar-refractivity contribution in [1.82, 2.24) is 0 Å². The van der Waals surface area contributed by atoms with Crippen molar-refractivity contribution in [2.45, 2.75) is 9.79 Å². The first-order valence-electron chi connectivity index (χ1n) is 3.99. The van der Waals surface area contributed by atoms with Gasteiger partial charge in [-0.15, -0.1) is 46.2 Å². The Balaban J connectivity index is 1.86. The van der Waals surface area contributed by atoms with Gasteiger partial charge in [-0.2, -0.15) is 0 Å². The van der Waals surface area contributed by atoms with Gasteiger partial charge in [0.2, 0.25) is 0 Å². The monoisotopic (exact) mass is 400 g/mol. The average molecular weight is 402 g/mol. The molecule has 80 valence electrons. The Morgan fingerprint density at radius 2 is 1.40 bits per heavy atom. The minimum absolute atomic E-state index is 1.05.